The van der Waals surface area contributed by atoms with Gasteiger partial charge in [0.1, 0.15) is 5.82 Å². The number of hydrogen-bond donors (Lipinski definition) is 1. The highest BCUT2D eigenvalue weighted by Crippen LogP contribution is 2.43. The van der Waals surface area contributed by atoms with Gasteiger partial charge in [-0.2, -0.15) is 0 Å². The summed E-state index contributed by atoms with van der Waals surface area (Å²) in [6.45, 7) is 0.0634. The average Bonchev–Trinajstić information content (AvgIpc) is 2.07. The van der Waals surface area contributed by atoms with Crippen molar-refractivity contribution in [3.63, 3.8) is 0 Å². The first-order valence-electron chi connectivity index (χ1n) is 4.64. The molecule has 0 amide bonds. The highest BCUT2D eigenvalue weighted by molar-refractivity contribution is 5.29. The third-order valence-electron chi connectivity index (χ3n) is 3.06. The number of rotatable bonds is 2. The van der Waals surface area contributed by atoms with Crippen LogP contribution in [0.3, 0.4) is 0 Å². The Bertz CT molecular complexity index is 299. The SMILES string of the molecule is OCC1(c2ccccc2F)CCC1. The van der Waals surface area contributed by atoms with Gasteiger partial charge in [-0.1, -0.05) is 24.6 Å². The summed E-state index contributed by atoms with van der Waals surface area (Å²) in [5, 5.41) is 9.25. The molecular weight excluding hydrogens is 167 g/mol. The van der Waals surface area contributed by atoms with E-state index >= 15 is 0 Å². The monoisotopic (exact) mass is 180 g/mol. The number of aliphatic hydroxyl groups excluding tert-OH is 1. The van der Waals surface area contributed by atoms with E-state index in [2.05, 4.69) is 0 Å². The van der Waals surface area contributed by atoms with Crippen molar-refractivity contribution in [2.24, 2.45) is 0 Å². The summed E-state index contributed by atoms with van der Waals surface area (Å²) in [5.41, 5.74) is 0.412. The predicted octanol–water partition coefficient (Wildman–Crippen LogP) is 2.24. The van der Waals surface area contributed by atoms with E-state index in [4.69, 9.17) is 0 Å². The van der Waals surface area contributed by atoms with Gasteiger partial charge in [0.15, 0.2) is 0 Å². The smallest absolute Gasteiger partial charge is 0.127 e. The summed E-state index contributed by atoms with van der Waals surface area (Å²) in [4.78, 5) is 0. The first-order valence-corrected chi connectivity index (χ1v) is 4.64. The highest BCUT2D eigenvalue weighted by atomic mass is 19.1. The largest absolute Gasteiger partial charge is 0.395 e. The van der Waals surface area contributed by atoms with Crippen molar-refractivity contribution >= 4 is 0 Å². The molecule has 2 heteroatoms. The maximum Gasteiger partial charge on any atom is 0.127 e. The van der Waals surface area contributed by atoms with Crippen molar-refractivity contribution in [1.29, 1.82) is 0 Å². The van der Waals surface area contributed by atoms with Crippen LogP contribution in [0.4, 0.5) is 4.39 Å². The Morgan fingerprint density at radius 1 is 1.31 bits per heavy atom. The molecule has 13 heavy (non-hydrogen) atoms. The fourth-order valence-electron chi connectivity index (χ4n) is 2.01. The Morgan fingerprint density at radius 3 is 2.46 bits per heavy atom. The number of hydrogen-bond acceptors (Lipinski definition) is 1. The fourth-order valence-corrected chi connectivity index (χ4v) is 2.01. The minimum Gasteiger partial charge on any atom is -0.395 e. The van der Waals surface area contributed by atoms with Crippen LogP contribution in [0.15, 0.2) is 24.3 Å². The molecule has 0 aromatic heterocycles. The van der Waals surface area contributed by atoms with Gasteiger partial charge in [-0.3, -0.25) is 0 Å². The highest BCUT2D eigenvalue weighted by Gasteiger charge is 2.39. The van der Waals surface area contributed by atoms with Gasteiger partial charge in [0.05, 0.1) is 6.61 Å². The minimum absolute atomic E-state index is 0.0634. The van der Waals surface area contributed by atoms with Crippen molar-refractivity contribution in [3.8, 4) is 0 Å². The van der Waals surface area contributed by atoms with Crippen LogP contribution in [0.1, 0.15) is 24.8 Å². The van der Waals surface area contributed by atoms with E-state index in [1.165, 1.54) is 6.07 Å². The molecule has 1 saturated carbocycles. The predicted molar refractivity (Wildman–Crippen MR) is 49.0 cm³/mol. The van der Waals surface area contributed by atoms with Gasteiger partial charge in [0.25, 0.3) is 0 Å². The minimum atomic E-state index is -0.272. The van der Waals surface area contributed by atoms with E-state index in [0.29, 0.717) is 5.56 Å². The third kappa shape index (κ3) is 1.25. The van der Waals surface area contributed by atoms with Crippen molar-refractivity contribution in [2.75, 3.05) is 6.61 Å². The van der Waals surface area contributed by atoms with E-state index in [0.717, 1.165) is 19.3 Å². The summed E-state index contributed by atoms with van der Waals surface area (Å²) in [6, 6.07) is 6.76. The molecule has 1 fully saturated rings. The van der Waals surface area contributed by atoms with Crippen LogP contribution in [0.2, 0.25) is 0 Å². The molecule has 0 saturated heterocycles. The lowest BCUT2D eigenvalue weighted by atomic mass is 9.65. The topological polar surface area (TPSA) is 20.2 Å². The zero-order chi connectivity index (χ0) is 9.31. The van der Waals surface area contributed by atoms with Crippen LogP contribution >= 0.6 is 0 Å². The van der Waals surface area contributed by atoms with Crippen molar-refractivity contribution in [1.82, 2.24) is 0 Å². The van der Waals surface area contributed by atoms with Crippen molar-refractivity contribution in [2.45, 2.75) is 24.7 Å². The molecule has 2 rings (SSSR count). The Hall–Kier alpha value is -0.890. The van der Waals surface area contributed by atoms with E-state index in [9.17, 15) is 9.50 Å². The van der Waals surface area contributed by atoms with E-state index < -0.39 is 0 Å². The molecular formula is C11H13FO. The molecule has 1 N–H and O–H groups in total. The van der Waals surface area contributed by atoms with Crippen molar-refractivity contribution in [3.05, 3.63) is 35.6 Å². The van der Waals surface area contributed by atoms with Gasteiger partial charge >= 0.3 is 0 Å². The molecule has 0 unspecified atom stereocenters. The zero-order valence-electron chi connectivity index (χ0n) is 7.46. The first kappa shape index (κ1) is 8.70. The van der Waals surface area contributed by atoms with Crippen LogP contribution in [-0.4, -0.2) is 11.7 Å². The number of aliphatic hydroxyl groups is 1. The second-order valence-electron chi connectivity index (χ2n) is 3.77. The maximum atomic E-state index is 13.4. The average molecular weight is 180 g/mol. The van der Waals surface area contributed by atoms with Crippen LogP contribution in [0, 0.1) is 5.82 Å². The molecule has 0 radical (unpaired) electrons. The lowest BCUT2D eigenvalue weighted by Crippen LogP contribution is -2.38. The summed E-state index contributed by atoms with van der Waals surface area (Å²) >= 11 is 0. The summed E-state index contributed by atoms with van der Waals surface area (Å²) in [7, 11) is 0. The van der Waals surface area contributed by atoms with Gasteiger partial charge < -0.3 is 5.11 Å². The Morgan fingerprint density at radius 2 is 2.00 bits per heavy atom. The molecule has 1 aliphatic carbocycles. The number of halogens is 1. The van der Waals surface area contributed by atoms with Crippen LogP contribution in [0.25, 0.3) is 0 Å². The molecule has 0 spiro atoms. The van der Waals surface area contributed by atoms with E-state index in [-0.39, 0.29) is 17.8 Å². The zero-order valence-corrected chi connectivity index (χ0v) is 7.46. The molecule has 1 aromatic rings. The standard InChI is InChI=1S/C11H13FO/c12-10-5-2-1-4-9(10)11(8-13)6-3-7-11/h1-2,4-5,13H,3,6-8H2. The molecule has 0 aliphatic heterocycles. The summed E-state index contributed by atoms with van der Waals surface area (Å²) < 4.78 is 13.4. The maximum absolute atomic E-state index is 13.4. The van der Waals surface area contributed by atoms with Crippen LogP contribution < -0.4 is 0 Å². The van der Waals surface area contributed by atoms with Gasteiger partial charge in [-0.15, -0.1) is 0 Å². The van der Waals surface area contributed by atoms with E-state index in [1.54, 1.807) is 12.1 Å². The second-order valence-corrected chi connectivity index (χ2v) is 3.77. The molecule has 1 nitrogen and oxygen atoms in total. The molecule has 0 heterocycles. The normalized spacial score (nSPS) is 19.5. The lowest BCUT2D eigenvalue weighted by molar-refractivity contribution is 0.116. The lowest BCUT2D eigenvalue weighted by Gasteiger charge is -2.40. The molecule has 1 aromatic carbocycles. The fraction of sp³-hybridized carbons (Fsp3) is 0.455. The second kappa shape index (κ2) is 3.11. The van der Waals surface area contributed by atoms with Gasteiger partial charge in [-0.05, 0) is 24.5 Å². The molecule has 70 valence electrons. The van der Waals surface area contributed by atoms with Crippen LogP contribution in [-0.2, 0) is 5.41 Å². The van der Waals surface area contributed by atoms with Gasteiger partial charge in [0, 0.05) is 5.41 Å². The van der Waals surface area contributed by atoms with Gasteiger partial charge in [-0.25, -0.2) is 4.39 Å². The number of benzene rings is 1. The van der Waals surface area contributed by atoms with E-state index in [1.807, 2.05) is 6.07 Å². The third-order valence-corrected chi connectivity index (χ3v) is 3.06. The Labute approximate surface area is 77.2 Å². The first-order chi connectivity index (χ1) is 6.28. The van der Waals surface area contributed by atoms with Gasteiger partial charge in [0.2, 0.25) is 0 Å². The summed E-state index contributed by atoms with van der Waals surface area (Å²) in [6.07, 6.45) is 2.91. The van der Waals surface area contributed by atoms with Crippen LogP contribution in [0.5, 0.6) is 0 Å². The molecule has 1 aliphatic rings. The molecule has 0 atom stereocenters. The van der Waals surface area contributed by atoms with Crippen molar-refractivity contribution < 1.29 is 9.50 Å². The summed E-state index contributed by atoms with van der Waals surface area (Å²) in [5.74, 6) is -0.184. The molecule has 0 bridgehead atoms. The quantitative estimate of drug-likeness (QED) is 0.740. The Balaban J connectivity index is 2.38. The Kier molecular flexibility index (Phi) is 2.08.